The summed E-state index contributed by atoms with van der Waals surface area (Å²) in [5, 5.41) is 11.6. The van der Waals surface area contributed by atoms with Crippen molar-refractivity contribution in [1.29, 1.82) is 0 Å². The highest BCUT2D eigenvalue weighted by atomic mass is 16.6. The highest BCUT2D eigenvalue weighted by Crippen LogP contribution is 2.24. The van der Waals surface area contributed by atoms with Gasteiger partial charge >= 0.3 is 0 Å². The minimum absolute atomic E-state index is 0.0728. The fourth-order valence-corrected chi connectivity index (χ4v) is 2.68. The quantitative estimate of drug-likeness (QED) is 0.397. The number of pyridine rings is 1. The molecule has 5 nitrogen and oxygen atoms in total. The Morgan fingerprint density at radius 1 is 1.07 bits per heavy atom. The summed E-state index contributed by atoms with van der Waals surface area (Å²) >= 11 is 0. The summed E-state index contributed by atoms with van der Waals surface area (Å²) in [5.74, 6) is 1.49. The molecule has 0 N–H and O–H groups in total. The molecular weight excluding hydrogens is 340 g/mol. The lowest BCUT2D eigenvalue weighted by Gasteiger charge is -2.08. The van der Waals surface area contributed by atoms with Gasteiger partial charge in [-0.05, 0) is 54.3 Å². The maximum absolute atomic E-state index is 11.1. The van der Waals surface area contributed by atoms with Gasteiger partial charge in [0.25, 0.3) is 5.69 Å². The Kier molecular flexibility index (Phi) is 5.81. The molecule has 0 unspecified atom stereocenters. The number of nitro groups is 1. The number of benzene rings is 2. The van der Waals surface area contributed by atoms with E-state index in [1.165, 1.54) is 6.07 Å². The molecule has 0 fully saturated rings. The summed E-state index contributed by atoms with van der Waals surface area (Å²) in [7, 11) is 0. The smallest absolute Gasteiger partial charge is 0.278 e. The van der Waals surface area contributed by atoms with Crippen molar-refractivity contribution in [2.24, 2.45) is 5.92 Å². The van der Waals surface area contributed by atoms with Crippen molar-refractivity contribution in [3.05, 3.63) is 76.0 Å². The van der Waals surface area contributed by atoms with Crippen LogP contribution in [0, 0.1) is 16.0 Å². The SMILES string of the molecule is CC(C)CCOc1ccc(/C=C/c2ccc3c([N+](=O)[O-])cccc3n2)cc1. The third-order valence-corrected chi connectivity index (χ3v) is 4.22. The zero-order valence-corrected chi connectivity index (χ0v) is 15.5. The van der Waals surface area contributed by atoms with Crippen LogP contribution < -0.4 is 4.74 Å². The number of nitrogens with zero attached hydrogens (tertiary/aromatic N) is 2. The molecule has 1 aromatic heterocycles. The lowest BCUT2D eigenvalue weighted by Crippen LogP contribution is -2.01. The first-order valence-corrected chi connectivity index (χ1v) is 8.98. The number of nitro benzene ring substituents is 1. The molecule has 1 heterocycles. The predicted molar refractivity (Wildman–Crippen MR) is 109 cm³/mol. The molecule has 0 radical (unpaired) electrons. The van der Waals surface area contributed by atoms with Crippen molar-refractivity contribution in [2.45, 2.75) is 20.3 Å². The molecule has 5 heteroatoms. The Hall–Kier alpha value is -3.21. The van der Waals surface area contributed by atoms with Gasteiger partial charge in [-0.2, -0.15) is 0 Å². The summed E-state index contributed by atoms with van der Waals surface area (Å²) < 4.78 is 5.72. The van der Waals surface area contributed by atoms with Gasteiger partial charge in [0, 0.05) is 6.07 Å². The minimum Gasteiger partial charge on any atom is -0.494 e. The molecule has 138 valence electrons. The molecule has 0 aliphatic rings. The highest BCUT2D eigenvalue weighted by molar-refractivity contribution is 5.88. The average Bonchev–Trinajstić information content (AvgIpc) is 2.66. The molecule has 3 rings (SSSR count). The fraction of sp³-hybridized carbons (Fsp3) is 0.227. The zero-order chi connectivity index (χ0) is 19.2. The Bertz CT molecular complexity index is 963. The number of non-ortho nitro benzene ring substituents is 1. The molecule has 0 atom stereocenters. The van der Waals surface area contributed by atoms with Crippen LogP contribution in [0.4, 0.5) is 5.69 Å². The van der Waals surface area contributed by atoms with Gasteiger partial charge in [-0.1, -0.05) is 38.1 Å². The third kappa shape index (κ3) is 4.91. The predicted octanol–water partition coefficient (Wildman–Crippen LogP) is 5.74. The molecule has 0 spiro atoms. The molecule has 2 aromatic carbocycles. The summed E-state index contributed by atoms with van der Waals surface area (Å²) in [6.07, 6.45) is 4.89. The van der Waals surface area contributed by atoms with Crippen LogP contribution in [0.2, 0.25) is 0 Å². The van der Waals surface area contributed by atoms with Crippen molar-refractivity contribution in [2.75, 3.05) is 6.61 Å². The standard InChI is InChI=1S/C22H22N2O3/c1-16(2)14-15-27-19-11-7-17(8-12-19)6-9-18-10-13-20-21(23-18)4-3-5-22(20)24(25)26/h3-13,16H,14-15H2,1-2H3/b9-6+. The van der Waals surface area contributed by atoms with Crippen molar-refractivity contribution < 1.29 is 9.66 Å². The van der Waals surface area contributed by atoms with Crippen molar-refractivity contribution in [3.63, 3.8) is 0 Å². The highest BCUT2D eigenvalue weighted by Gasteiger charge is 2.11. The molecule has 3 aromatic rings. The number of hydrogen-bond acceptors (Lipinski definition) is 4. The Morgan fingerprint density at radius 2 is 1.85 bits per heavy atom. The third-order valence-electron chi connectivity index (χ3n) is 4.22. The second-order valence-electron chi connectivity index (χ2n) is 6.77. The molecule has 0 amide bonds. The van der Waals surface area contributed by atoms with Crippen molar-refractivity contribution in [1.82, 2.24) is 4.98 Å². The van der Waals surface area contributed by atoms with Crippen LogP contribution in [0.3, 0.4) is 0 Å². The van der Waals surface area contributed by atoms with E-state index in [4.69, 9.17) is 4.74 Å². The van der Waals surface area contributed by atoms with Crippen LogP contribution in [0.15, 0.2) is 54.6 Å². The summed E-state index contributed by atoms with van der Waals surface area (Å²) in [6, 6.07) is 16.3. The number of ether oxygens (including phenoxy) is 1. The van der Waals surface area contributed by atoms with E-state index in [1.807, 2.05) is 36.4 Å². The zero-order valence-electron chi connectivity index (χ0n) is 15.5. The van der Waals surface area contributed by atoms with E-state index in [-0.39, 0.29) is 10.6 Å². The Labute approximate surface area is 158 Å². The maximum Gasteiger partial charge on any atom is 0.278 e. The number of aromatic nitrogens is 1. The van der Waals surface area contributed by atoms with E-state index in [1.54, 1.807) is 24.3 Å². The minimum atomic E-state index is -0.385. The summed E-state index contributed by atoms with van der Waals surface area (Å²) in [5.41, 5.74) is 2.47. The average molecular weight is 362 g/mol. The van der Waals surface area contributed by atoms with Crippen molar-refractivity contribution >= 4 is 28.7 Å². The second-order valence-corrected chi connectivity index (χ2v) is 6.77. The van der Waals surface area contributed by atoms with Crippen LogP contribution >= 0.6 is 0 Å². The van der Waals surface area contributed by atoms with Gasteiger partial charge in [0.1, 0.15) is 5.75 Å². The number of hydrogen-bond donors (Lipinski definition) is 0. The van der Waals surface area contributed by atoms with Gasteiger partial charge in [-0.3, -0.25) is 10.1 Å². The van der Waals surface area contributed by atoms with E-state index >= 15 is 0 Å². The van der Waals surface area contributed by atoms with Crippen LogP contribution in [0.25, 0.3) is 23.1 Å². The van der Waals surface area contributed by atoms with Gasteiger partial charge in [-0.15, -0.1) is 0 Å². The fourth-order valence-electron chi connectivity index (χ4n) is 2.68. The number of fused-ring (bicyclic) bond motifs is 1. The lowest BCUT2D eigenvalue weighted by atomic mass is 10.1. The van der Waals surface area contributed by atoms with Crippen LogP contribution in [0.1, 0.15) is 31.5 Å². The molecule has 0 aliphatic carbocycles. The molecule has 0 saturated heterocycles. The first-order valence-electron chi connectivity index (χ1n) is 8.98. The molecule has 0 bridgehead atoms. The van der Waals surface area contributed by atoms with Crippen LogP contribution in [-0.4, -0.2) is 16.5 Å². The van der Waals surface area contributed by atoms with E-state index in [0.29, 0.717) is 16.8 Å². The van der Waals surface area contributed by atoms with Crippen LogP contribution in [-0.2, 0) is 0 Å². The van der Waals surface area contributed by atoms with Gasteiger partial charge in [-0.25, -0.2) is 4.98 Å². The molecule has 27 heavy (non-hydrogen) atoms. The molecular formula is C22H22N2O3. The number of rotatable bonds is 7. The van der Waals surface area contributed by atoms with Gasteiger partial charge < -0.3 is 4.74 Å². The van der Waals surface area contributed by atoms with Gasteiger partial charge in [0.2, 0.25) is 0 Å². The molecule has 0 saturated carbocycles. The van der Waals surface area contributed by atoms with Crippen molar-refractivity contribution in [3.8, 4) is 5.75 Å². The van der Waals surface area contributed by atoms with Gasteiger partial charge in [0.05, 0.1) is 28.1 Å². The first kappa shape index (κ1) is 18.6. The van der Waals surface area contributed by atoms with Crippen LogP contribution in [0.5, 0.6) is 5.75 Å². The summed E-state index contributed by atoms with van der Waals surface area (Å²) in [6.45, 7) is 5.08. The first-order chi connectivity index (χ1) is 13.0. The summed E-state index contributed by atoms with van der Waals surface area (Å²) in [4.78, 5) is 15.2. The van der Waals surface area contributed by atoms with E-state index in [9.17, 15) is 10.1 Å². The largest absolute Gasteiger partial charge is 0.494 e. The Morgan fingerprint density at radius 3 is 2.56 bits per heavy atom. The van der Waals surface area contributed by atoms with E-state index < -0.39 is 0 Å². The molecule has 0 aliphatic heterocycles. The normalized spacial score (nSPS) is 11.4. The monoisotopic (exact) mass is 362 g/mol. The van der Waals surface area contributed by atoms with E-state index in [2.05, 4.69) is 18.8 Å². The Balaban J connectivity index is 1.71. The second kappa shape index (κ2) is 8.45. The van der Waals surface area contributed by atoms with Gasteiger partial charge in [0.15, 0.2) is 0 Å². The van der Waals surface area contributed by atoms with E-state index in [0.717, 1.165) is 30.0 Å². The lowest BCUT2D eigenvalue weighted by molar-refractivity contribution is -0.383. The maximum atomic E-state index is 11.1. The topological polar surface area (TPSA) is 65.3 Å².